The Hall–Kier alpha value is -1.36. The van der Waals surface area contributed by atoms with Gasteiger partial charge in [-0.15, -0.1) is 0 Å². The number of amides is 2. The number of hydrogen-bond donors (Lipinski definition) is 1. The predicted molar refractivity (Wildman–Crippen MR) is 72.4 cm³/mol. The standard InChI is InChI=1S/C13H15BrN2O2/c1-8-5-9(14)3-4-11(8)13(18)15-10-6-12(17)16(2)7-10/h3-5,10H,6-7H2,1-2H3,(H,15,18)/t10-/m1/s1. The highest BCUT2D eigenvalue weighted by Crippen LogP contribution is 2.16. The van der Waals surface area contributed by atoms with E-state index in [2.05, 4.69) is 21.2 Å². The average molecular weight is 311 g/mol. The fourth-order valence-corrected chi connectivity index (χ4v) is 2.58. The van der Waals surface area contributed by atoms with Gasteiger partial charge in [0, 0.05) is 30.0 Å². The summed E-state index contributed by atoms with van der Waals surface area (Å²) in [7, 11) is 1.75. The van der Waals surface area contributed by atoms with Crippen molar-refractivity contribution in [2.75, 3.05) is 13.6 Å². The summed E-state index contributed by atoms with van der Waals surface area (Å²) in [6, 6.07) is 5.45. The van der Waals surface area contributed by atoms with Gasteiger partial charge in [-0.05, 0) is 30.7 Å². The topological polar surface area (TPSA) is 49.4 Å². The van der Waals surface area contributed by atoms with Crippen LogP contribution in [0.5, 0.6) is 0 Å². The molecule has 1 fully saturated rings. The summed E-state index contributed by atoms with van der Waals surface area (Å²) in [4.78, 5) is 25.1. The molecule has 0 aromatic heterocycles. The Kier molecular flexibility index (Phi) is 3.71. The number of hydrogen-bond acceptors (Lipinski definition) is 2. The number of likely N-dealkylation sites (N-methyl/N-ethyl adjacent to an activating group) is 1. The Morgan fingerprint density at radius 2 is 2.22 bits per heavy atom. The third-order valence-corrected chi connectivity index (χ3v) is 3.60. The van der Waals surface area contributed by atoms with E-state index in [0.717, 1.165) is 10.0 Å². The summed E-state index contributed by atoms with van der Waals surface area (Å²) >= 11 is 3.37. The van der Waals surface area contributed by atoms with Crippen molar-refractivity contribution in [3.63, 3.8) is 0 Å². The highest BCUT2D eigenvalue weighted by molar-refractivity contribution is 9.10. The summed E-state index contributed by atoms with van der Waals surface area (Å²) in [5.41, 5.74) is 1.57. The van der Waals surface area contributed by atoms with E-state index in [9.17, 15) is 9.59 Å². The van der Waals surface area contributed by atoms with Crippen molar-refractivity contribution < 1.29 is 9.59 Å². The lowest BCUT2D eigenvalue weighted by Crippen LogP contribution is -2.36. The fraction of sp³-hybridized carbons (Fsp3) is 0.385. The van der Waals surface area contributed by atoms with E-state index in [1.807, 2.05) is 19.1 Å². The van der Waals surface area contributed by atoms with Crippen LogP contribution in [-0.2, 0) is 4.79 Å². The zero-order valence-corrected chi connectivity index (χ0v) is 12.0. The first kappa shape index (κ1) is 13.1. The second-order valence-electron chi connectivity index (χ2n) is 4.61. The summed E-state index contributed by atoms with van der Waals surface area (Å²) in [6.45, 7) is 2.48. The fourth-order valence-electron chi connectivity index (χ4n) is 2.11. The summed E-state index contributed by atoms with van der Waals surface area (Å²) < 4.78 is 0.951. The van der Waals surface area contributed by atoms with Crippen LogP contribution in [0.4, 0.5) is 0 Å². The minimum atomic E-state index is -0.117. The van der Waals surface area contributed by atoms with E-state index in [0.29, 0.717) is 18.5 Å². The normalized spacial score (nSPS) is 19.2. The van der Waals surface area contributed by atoms with E-state index in [1.165, 1.54) is 0 Å². The van der Waals surface area contributed by atoms with Crippen LogP contribution < -0.4 is 5.32 Å². The van der Waals surface area contributed by atoms with Gasteiger partial charge in [-0.2, -0.15) is 0 Å². The number of aryl methyl sites for hydroxylation is 1. The molecule has 1 atom stereocenters. The highest BCUT2D eigenvalue weighted by atomic mass is 79.9. The van der Waals surface area contributed by atoms with Gasteiger partial charge < -0.3 is 10.2 Å². The molecule has 0 spiro atoms. The second-order valence-corrected chi connectivity index (χ2v) is 5.52. The molecule has 1 aliphatic rings. The molecule has 5 heteroatoms. The van der Waals surface area contributed by atoms with E-state index in [-0.39, 0.29) is 17.9 Å². The first-order chi connectivity index (χ1) is 8.47. The lowest BCUT2D eigenvalue weighted by Gasteiger charge is -2.13. The van der Waals surface area contributed by atoms with Gasteiger partial charge in [-0.25, -0.2) is 0 Å². The number of halogens is 1. The van der Waals surface area contributed by atoms with Crippen LogP contribution in [-0.4, -0.2) is 36.3 Å². The quantitative estimate of drug-likeness (QED) is 0.904. The van der Waals surface area contributed by atoms with Crippen molar-refractivity contribution in [2.24, 2.45) is 0 Å². The number of benzene rings is 1. The van der Waals surface area contributed by atoms with Crippen LogP contribution in [0.15, 0.2) is 22.7 Å². The van der Waals surface area contributed by atoms with E-state index >= 15 is 0 Å². The number of carbonyl (C=O) groups is 2. The lowest BCUT2D eigenvalue weighted by molar-refractivity contribution is -0.126. The molecule has 2 amide bonds. The molecule has 4 nitrogen and oxygen atoms in total. The number of carbonyl (C=O) groups excluding carboxylic acids is 2. The van der Waals surface area contributed by atoms with Crippen molar-refractivity contribution in [1.82, 2.24) is 10.2 Å². The molecule has 0 saturated carbocycles. The molecule has 1 saturated heterocycles. The van der Waals surface area contributed by atoms with Crippen LogP contribution >= 0.6 is 15.9 Å². The number of nitrogens with zero attached hydrogens (tertiary/aromatic N) is 1. The molecular weight excluding hydrogens is 296 g/mol. The molecule has 0 radical (unpaired) electrons. The zero-order valence-electron chi connectivity index (χ0n) is 10.4. The zero-order chi connectivity index (χ0) is 13.3. The molecule has 1 N–H and O–H groups in total. The number of rotatable bonds is 2. The number of nitrogens with one attached hydrogen (secondary N) is 1. The molecular formula is C13H15BrN2O2. The molecule has 1 aromatic rings. The maximum Gasteiger partial charge on any atom is 0.251 e. The SMILES string of the molecule is Cc1cc(Br)ccc1C(=O)N[C@@H]1CC(=O)N(C)C1. The van der Waals surface area contributed by atoms with Gasteiger partial charge in [0.05, 0.1) is 6.04 Å². The van der Waals surface area contributed by atoms with Gasteiger partial charge in [0.15, 0.2) is 0 Å². The Morgan fingerprint density at radius 3 is 2.78 bits per heavy atom. The van der Waals surface area contributed by atoms with Gasteiger partial charge >= 0.3 is 0 Å². The molecule has 0 bridgehead atoms. The van der Waals surface area contributed by atoms with Crippen molar-refractivity contribution in [3.8, 4) is 0 Å². The monoisotopic (exact) mass is 310 g/mol. The van der Waals surface area contributed by atoms with Crippen LogP contribution in [0.3, 0.4) is 0 Å². The summed E-state index contributed by atoms with van der Waals surface area (Å²) in [6.07, 6.45) is 0.387. The predicted octanol–water partition coefficient (Wildman–Crippen LogP) is 1.72. The van der Waals surface area contributed by atoms with Crippen LogP contribution in [0, 0.1) is 6.92 Å². The molecule has 1 aliphatic heterocycles. The highest BCUT2D eigenvalue weighted by Gasteiger charge is 2.28. The van der Waals surface area contributed by atoms with Crippen molar-refractivity contribution in [2.45, 2.75) is 19.4 Å². The molecule has 1 heterocycles. The molecule has 2 rings (SSSR count). The van der Waals surface area contributed by atoms with Gasteiger partial charge in [-0.1, -0.05) is 15.9 Å². The van der Waals surface area contributed by atoms with Crippen molar-refractivity contribution >= 4 is 27.7 Å². The largest absolute Gasteiger partial charge is 0.347 e. The second kappa shape index (κ2) is 5.10. The Bertz CT molecular complexity index is 502. The lowest BCUT2D eigenvalue weighted by atomic mass is 10.1. The smallest absolute Gasteiger partial charge is 0.251 e. The molecule has 1 aromatic carbocycles. The van der Waals surface area contributed by atoms with Gasteiger partial charge in [0.2, 0.25) is 5.91 Å². The average Bonchev–Trinajstić information content (AvgIpc) is 2.57. The first-order valence-electron chi connectivity index (χ1n) is 5.78. The Morgan fingerprint density at radius 1 is 1.50 bits per heavy atom. The molecule has 0 aliphatic carbocycles. The van der Waals surface area contributed by atoms with Crippen LogP contribution in [0.2, 0.25) is 0 Å². The van der Waals surface area contributed by atoms with Crippen molar-refractivity contribution in [3.05, 3.63) is 33.8 Å². The minimum Gasteiger partial charge on any atom is -0.347 e. The maximum absolute atomic E-state index is 12.1. The number of likely N-dealkylation sites (tertiary alicyclic amines) is 1. The maximum atomic E-state index is 12.1. The minimum absolute atomic E-state index is 0.0767. The van der Waals surface area contributed by atoms with Gasteiger partial charge in [-0.3, -0.25) is 9.59 Å². The van der Waals surface area contributed by atoms with Gasteiger partial charge in [0.25, 0.3) is 5.91 Å². The summed E-state index contributed by atoms with van der Waals surface area (Å²) in [5, 5.41) is 2.90. The van der Waals surface area contributed by atoms with E-state index in [1.54, 1.807) is 18.0 Å². The summed E-state index contributed by atoms with van der Waals surface area (Å²) in [5.74, 6) is -0.0408. The van der Waals surface area contributed by atoms with Crippen LogP contribution in [0.1, 0.15) is 22.3 Å². The third-order valence-electron chi connectivity index (χ3n) is 3.11. The van der Waals surface area contributed by atoms with Crippen LogP contribution in [0.25, 0.3) is 0 Å². The van der Waals surface area contributed by atoms with Gasteiger partial charge in [0.1, 0.15) is 0 Å². The molecule has 18 heavy (non-hydrogen) atoms. The van der Waals surface area contributed by atoms with Crippen molar-refractivity contribution in [1.29, 1.82) is 0 Å². The Labute approximate surface area is 114 Å². The first-order valence-corrected chi connectivity index (χ1v) is 6.57. The molecule has 0 unspecified atom stereocenters. The van der Waals surface area contributed by atoms with E-state index < -0.39 is 0 Å². The van der Waals surface area contributed by atoms with E-state index in [4.69, 9.17) is 0 Å². The molecule has 96 valence electrons. The Balaban J connectivity index is 2.06. The third kappa shape index (κ3) is 2.72.